The van der Waals surface area contributed by atoms with Crippen molar-refractivity contribution in [3.05, 3.63) is 42.1 Å². The van der Waals surface area contributed by atoms with E-state index in [1.165, 1.54) is 6.20 Å². The molecule has 6 nitrogen and oxygen atoms in total. The van der Waals surface area contributed by atoms with Crippen LogP contribution >= 0.6 is 0 Å². The molecule has 1 unspecified atom stereocenters. The fourth-order valence-corrected chi connectivity index (χ4v) is 2.49. The quantitative estimate of drug-likeness (QED) is 0.876. The summed E-state index contributed by atoms with van der Waals surface area (Å²) in [6, 6.07) is 9.38. The summed E-state index contributed by atoms with van der Waals surface area (Å²) in [5, 5.41) is 23.2. The maximum absolute atomic E-state index is 11.4. The van der Waals surface area contributed by atoms with E-state index in [1.54, 1.807) is 4.68 Å². The number of hydrogen-bond acceptors (Lipinski definition) is 4. The summed E-state index contributed by atoms with van der Waals surface area (Å²) in [5.74, 6) is -0.483. The average molecular weight is 273 g/mol. The van der Waals surface area contributed by atoms with E-state index in [2.05, 4.69) is 5.10 Å². The Bertz CT molecular complexity index is 624. The predicted octanol–water partition coefficient (Wildman–Crippen LogP) is 1.14. The molecule has 0 radical (unpaired) electrons. The van der Waals surface area contributed by atoms with Crippen molar-refractivity contribution in [2.75, 3.05) is 18.0 Å². The minimum absolute atomic E-state index is 0.156. The highest BCUT2D eigenvalue weighted by Gasteiger charge is 2.28. The number of nitrogens with zero attached hydrogens (tertiary/aromatic N) is 3. The highest BCUT2D eigenvalue weighted by molar-refractivity contribution is 5.93. The van der Waals surface area contributed by atoms with Gasteiger partial charge in [0, 0.05) is 13.1 Å². The number of para-hydroxylation sites is 1. The molecule has 2 aromatic rings. The Labute approximate surface area is 115 Å². The van der Waals surface area contributed by atoms with Crippen molar-refractivity contribution in [1.82, 2.24) is 9.78 Å². The maximum atomic E-state index is 11.4. The maximum Gasteiger partial charge on any atom is 0.341 e. The van der Waals surface area contributed by atoms with Crippen molar-refractivity contribution in [3.63, 3.8) is 0 Å². The van der Waals surface area contributed by atoms with Crippen molar-refractivity contribution in [2.45, 2.75) is 12.5 Å². The van der Waals surface area contributed by atoms with Gasteiger partial charge in [-0.2, -0.15) is 5.10 Å². The molecule has 1 aromatic heterocycles. The second-order valence-electron chi connectivity index (χ2n) is 4.82. The molecule has 1 fully saturated rings. The summed E-state index contributed by atoms with van der Waals surface area (Å²) in [7, 11) is 0. The van der Waals surface area contributed by atoms with Crippen LogP contribution in [0.1, 0.15) is 16.8 Å². The van der Waals surface area contributed by atoms with E-state index in [0.29, 0.717) is 25.3 Å². The van der Waals surface area contributed by atoms with E-state index in [4.69, 9.17) is 0 Å². The SMILES string of the molecule is O=C(O)c1cnn(-c2ccccc2)c1N1CCC(O)C1. The zero-order chi connectivity index (χ0) is 14.1. The standard InChI is InChI=1S/C14H15N3O3/c18-11-6-7-16(9-11)13-12(14(19)20)8-15-17(13)10-4-2-1-3-5-10/h1-5,8,11,18H,6-7,9H2,(H,19,20). The van der Waals surface area contributed by atoms with Gasteiger partial charge in [-0.1, -0.05) is 18.2 Å². The Hall–Kier alpha value is -2.34. The topological polar surface area (TPSA) is 78.6 Å². The number of carbonyl (C=O) groups is 1. The van der Waals surface area contributed by atoms with Crippen LogP contribution in [0.25, 0.3) is 5.69 Å². The van der Waals surface area contributed by atoms with E-state index >= 15 is 0 Å². The van der Waals surface area contributed by atoms with E-state index in [9.17, 15) is 15.0 Å². The largest absolute Gasteiger partial charge is 0.477 e. The van der Waals surface area contributed by atoms with E-state index < -0.39 is 12.1 Å². The molecule has 2 N–H and O–H groups in total. The van der Waals surface area contributed by atoms with Gasteiger partial charge in [0.05, 0.1) is 18.0 Å². The van der Waals surface area contributed by atoms with Crippen LogP contribution in [0.4, 0.5) is 5.82 Å². The van der Waals surface area contributed by atoms with Crippen molar-refractivity contribution >= 4 is 11.8 Å². The number of benzene rings is 1. The van der Waals surface area contributed by atoms with Gasteiger partial charge in [0.15, 0.2) is 0 Å². The minimum atomic E-state index is -1.01. The Morgan fingerprint density at radius 3 is 2.65 bits per heavy atom. The fourth-order valence-electron chi connectivity index (χ4n) is 2.49. The van der Waals surface area contributed by atoms with Crippen LogP contribution < -0.4 is 4.90 Å². The Balaban J connectivity index is 2.09. The van der Waals surface area contributed by atoms with Gasteiger partial charge in [0.25, 0.3) is 0 Å². The number of hydrogen-bond donors (Lipinski definition) is 2. The molecule has 1 atom stereocenters. The number of anilines is 1. The normalized spacial score (nSPS) is 18.4. The van der Waals surface area contributed by atoms with Crippen molar-refractivity contribution in [3.8, 4) is 5.69 Å². The van der Waals surface area contributed by atoms with Gasteiger partial charge in [-0.05, 0) is 18.6 Å². The Morgan fingerprint density at radius 1 is 1.30 bits per heavy atom. The molecule has 104 valence electrons. The van der Waals surface area contributed by atoms with Crippen molar-refractivity contribution in [2.24, 2.45) is 0 Å². The molecule has 1 saturated heterocycles. The van der Waals surface area contributed by atoms with Crippen LogP contribution in [0.3, 0.4) is 0 Å². The lowest BCUT2D eigenvalue weighted by Crippen LogP contribution is -2.25. The summed E-state index contributed by atoms with van der Waals surface area (Å²) in [6.07, 6.45) is 1.57. The predicted molar refractivity (Wildman–Crippen MR) is 73.4 cm³/mol. The molecule has 0 aliphatic carbocycles. The lowest BCUT2D eigenvalue weighted by atomic mass is 10.3. The number of β-amino-alcohol motifs (C(OH)–C–C–N with tert-alkyl or cyclic N) is 1. The molecule has 0 bridgehead atoms. The number of carboxylic acid groups (broad SMARTS) is 1. The third-order valence-corrected chi connectivity index (χ3v) is 3.44. The lowest BCUT2D eigenvalue weighted by Gasteiger charge is -2.20. The van der Waals surface area contributed by atoms with Crippen molar-refractivity contribution < 1.29 is 15.0 Å². The molecular formula is C14H15N3O3. The molecule has 1 aliphatic heterocycles. The second-order valence-corrected chi connectivity index (χ2v) is 4.82. The molecular weight excluding hydrogens is 258 g/mol. The van der Waals surface area contributed by atoms with Gasteiger partial charge < -0.3 is 15.1 Å². The Morgan fingerprint density at radius 2 is 2.05 bits per heavy atom. The first kappa shape index (κ1) is 12.7. The van der Waals surface area contributed by atoms with Crippen LogP contribution in [0.2, 0.25) is 0 Å². The van der Waals surface area contributed by atoms with Gasteiger partial charge in [0.2, 0.25) is 0 Å². The van der Waals surface area contributed by atoms with Gasteiger partial charge >= 0.3 is 5.97 Å². The summed E-state index contributed by atoms with van der Waals surface area (Å²) >= 11 is 0. The summed E-state index contributed by atoms with van der Waals surface area (Å²) < 4.78 is 1.61. The highest BCUT2D eigenvalue weighted by atomic mass is 16.4. The van der Waals surface area contributed by atoms with E-state index in [0.717, 1.165) is 5.69 Å². The lowest BCUT2D eigenvalue weighted by molar-refractivity contribution is 0.0697. The van der Waals surface area contributed by atoms with E-state index in [-0.39, 0.29) is 5.56 Å². The first-order chi connectivity index (χ1) is 9.66. The second kappa shape index (κ2) is 4.97. The number of aliphatic hydroxyl groups is 1. The van der Waals surface area contributed by atoms with Crippen LogP contribution in [-0.4, -0.2) is 45.2 Å². The number of carboxylic acids is 1. The molecule has 6 heteroatoms. The molecule has 0 saturated carbocycles. The third-order valence-electron chi connectivity index (χ3n) is 3.44. The molecule has 0 spiro atoms. The number of aliphatic hydroxyl groups excluding tert-OH is 1. The molecule has 3 rings (SSSR count). The molecule has 20 heavy (non-hydrogen) atoms. The number of aromatic carboxylic acids is 1. The molecule has 1 aromatic carbocycles. The zero-order valence-corrected chi connectivity index (χ0v) is 10.8. The van der Waals surface area contributed by atoms with Crippen LogP contribution in [0.5, 0.6) is 0 Å². The average Bonchev–Trinajstić information content (AvgIpc) is 3.05. The molecule has 2 heterocycles. The van der Waals surface area contributed by atoms with Crippen LogP contribution in [0, 0.1) is 0 Å². The zero-order valence-electron chi connectivity index (χ0n) is 10.8. The Kier molecular flexibility index (Phi) is 3.15. The third kappa shape index (κ3) is 2.14. The van der Waals surface area contributed by atoms with Gasteiger partial charge in [-0.15, -0.1) is 0 Å². The van der Waals surface area contributed by atoms with E-state index in [1.807, 2.05) is 35.2 Å². The smallest absolute Gasteiger partial charge is 0.341 e. The first-order valence-electron chi connectivity index (χ1n) is 6.46. The number of rotatable bonds is 3. The van der Waals surface area contributed by atoms with Gasteiger partial charge in [0.1, 0.15) is 11.4 Å². The molecule has 1 aliphatic rings. The van der Waals surface area contributed by atoms with Crippen molar-refractivity contribution in [1.29, 1.82) is 0 Å². The first-order valence-corrected chi connectivity index (χ1v) is 6.46. The van der Waals surface area contributed by atoms with Crippen LogP contribution in [0.15, 0.2) is 36.5 Å². The summed E-state index contributed by atoms with van der Waals surface area (Å²) in [4.78, 5) is 13.2. The number of aromatic nitrogens is 2. The minimum Gasteiger partial charge on any atom is -0.477 e. The van der Waals surface area contributed by atoms with Crippen LogP contribution in [-0.2, 0) is 0 Å². The van der Waals surface area contributed by atoms with Gasteiger partial charge in [-0.3, -0.25) is 0 Å². The summed E-state index contributed by atoms with van der Waals surface area (Å²) in [5.41, 5.74) is 0.958. The monoisotopic (exact) mass is 273 g/mol. The summed E-state index contributed by atoms with van der Waals surface area (Å²) in [6.45, 7) is 1.05. The highest BCUT2D eigenvalue weighted by Crippen LogP contribution is 2.27. The molecule has 0 amide bonds. The fraction of sp³-hybridized carbons (Fsp3) is 0.286. The van der Waals surface area contributed by atoms with Gasteiger partial charge in [-0.25, -0.2) is 9.48 Å².